The molecule has 2 aliphatic heterocycles. The van der Waals surface area contributed by atoms with Crippen LogP contribution < -0.4 is 0 Å². The Bertz CT molecular complexity index is 449. The van der Waals surface area contributed by atoms with Crippen molar-refractivity contribution < 1.29 is 4.39 Å². The van der Waals surface area contributed by atoms with Crippen molar-refractivity contribution in [3.05, 3.63) is 35.1 Å². The van der Waals surface area contributed by atoms with Crippen LogP contribution in [-0.4, -0.2) is 17.0 Å². The number of benzene rings is 1. The lowest BCUT2D eigenvalue weighted by Gasteiger charge is -2.40. The molecular formula is C13H13FN2. The van der Waals surface area contributed by atoms with E-state index in [9.17, 15) is 4.39 Å². The third-order valence-electron chi connectivity index (χ3n) is 3.88. The van der Waals surface area contributed by atoms with E-state index in [2.05, 4.69) is 4.90 Å². The van der Waals surface area contributed by atoms with Gasteiger partial charge in [-0.3, -0.25) is 4.90 Å². The number of fused-ring (bicyclic) bond motifs is 1. The minimum atomic E-state index is -0.395. The summed E-state index contributed by atoms with van der Waals surface area (Å²) in [6.45, 7) is 0.732. The van der Waals surface area contributed by atoms with Crippen LogP contribution >= 0.6 is 0 Å². The quantitative estimate of drug-likeness (QED) is 0.759. The first-order valence-corrected chi connectivity index (χ1v) is 5.73. The highest BCUT2D eigenvalue weighted by Crippen LogP contribution is 2.41. The molecule has 3 fully saturated rings. The van der Waals surface area contributed by atoms with E-state index in [4.69, 9.17) is 5.26 Å². The maximum absolute atomic E-state index is 13.4. The van der Waals surface area contributed by atoms with Gasteiger partial charge in [-0.2, -0.15) is 5.26 Å². The van der Waals surface area contributed by atoms with Gasteiger partial charge >= 0.3 is 0 Å². The normalized spacial score (nSPS) is 27.5. The zero-order valence-corrected chi connectivity index (χ0v) is 8.99. The molecule has 2 bridgehead atoms. The smallest absolute Gasteiger partial charge is 0.141 e. The Morgan fingerprint density at radius 1 is 1.38 bits per heavy atom. The maximum Gasteiger partial charge on any atom is 0.141 e. The molecule has 1 aromatic rings. The number of hydrogen-bond acceptors (Lipinski definition) is 2. The van der Waals surface area contributed by atoms with Crippen LogP contribution in [0.4, 0.5) is 4.39 Å². The van der Waals surface area contributed by atoms with Crippen molar-refractivity contribution in [2.45, 2.75) is 37.9 Å². The fourth-order valence-corrected chi connectivity index (χ4v) is 2.98. The summed E-state index contributed by atoms with van der Waals surface area (Å²) in [6.07, 6.45) is 3.82. The molecule has 0 radical (unpaired) electrons. The van der Waals surface area contributed by atoms with Gasteiger partial charge in [0.2, 0.25) is 0 Å². The summed E-state index contributed by atoms with van der Waals surface area (Å²) < 4.78 is 13.4. The van der Waals surface area contributed by atoms with Gasteiger partial charge in [-0.05, 0) is 30.9 Å². The Kier molecular flexibility index (Phi) is 2.19. The maximum atomic E-state index is 13.4. The summed E-state index contributed by atoms with van der Waals surface area (Å²) in [4.78, 5) is 2.40. The summed E-state index contributed by atoms with van der Waals surface area (Å²) in [5.74, 6) is -0.395. The lowest BCUT2D eigenvalue weighted by molar-refractivity contribution is 0.0699. The van der Waals surface area contributed by atoms with Crippen LogP contribution in [0.5, 0.6) is 0 Å². The fraction of sp³-hybridized carbons (Fsp3) is 0.462. The molecule has 3 heteroatoms. The molecule has 4 rings (SSSR count). The number of nitrogens with zero attached hydrogens (tertiary/aromatic N) is 2. The summed E-state index contributed by atoms with van der Waals surface area (Å²) in [7, 11) is 0. The van der Waals surface area contributed by atoms with Crippen LogP contribution in [0.15, 0.2) is 18.2 Å². The molecule has 1 aliphatic carbocycles. The van der Waals surface area contributed by atoms with Gasteiger partial charge in [0.1, 0.15) is 11.9 Å². The van der Waals surface area contributed by atoms with E-state index in [1.807, 2.05) is 12.1 Å². The van der Waals surface area contributed by atoms with Crippen LogP contribution in [0, 0.1) is 17.1 Å². The third kappa shape index (κ3) is 1.34. The van der Waals surface area contributed by atoms with Gasteiger partial charge in [-0.25, -0.2) is 4.39 Å². The second-order valence-corrected chi connectivity index (χ2v) is 4.68. The molecule has 0 amide bonds. The Morgan fingerprint density at radius 3 is 2.75 bits per heavy atom. The minimum absolute atomic E-state index is 0.216. The molecule has 2 nitrogen and oxygen atoms in total. The molecule has 3 aliphatic rings. The van der Waals surface area contributed by atoms with Gasteiger partial charge in [-0.1, -0.05) is 12.1 Å². The second-order valence-electron chi connectivity index (χ2n) is 4.68. The van der Waals surface area contributed by atoms with Crippen LogP contribution in [0.25, 0.3) is 0 Å². The average molecular weight is 216 g/mol. The molecule has 1 saturated carbocycles. The molecule has 0 spiro atoms. The van der Waals surface area contributed by atoms with E-state index < -0.39 is 5.82 Å². The van der Waals surface area contributed by atoms with E-state index >= 15 is 0 Å². The van der Waals surface area contributed by atoms with Crippen molar-refractivity contribution in [1.29, 1.82) is 5.26 Å². The predicted octanol–water partition coefficient (Wildman–Crippen LogP) is 2.43. The Labute approximate surface area is 94.3 Å². The van der Waals surface area contributed by atoms with Crippen LogP contribution in [0.2, 0.25) is 0 Å². The van der Waals surface area contributed by atoms with E-state index in [0.717, 1.165) is 12.1 Å². The van der Waals surface area contributed by atoms with Gasteiger partial charge in [0.15, 0.2) is 0 Å². The molecule has 2 unspecified atom stereocenters. The largest absolute Gasteiger partial charge is 0.293 e. The highest BCUT2D eigenvalue weighted by molar-refractivity contribution is 5.39. The first kappa shape index (κ1) is 9.80. The number of nitriles is 1. The zero-order chi connectivity index (χ0) is 11.1. The molecule has 0 aromatic heterocycles. The third-order valence-corrected chi connectivity index (χ3v) is 3.88. The standard InChI is InChI=1S/C13H13FN2/c14-13-3-1-2-9(12(13)7-15)8-16-10-4-5-11(16)6-10/h1-3,10-11H,4-6,8H2. The topological polar surface area (TPSA) is 27.0 Å². The second kappa shape index (κ2) is 3.57. The lowest BCUT2D eigenvalue weighted by atomic mass is 10.00. The minimum Gasteiger partial charge on any atom is -0.293 e. The molecule has 2 saturated heterocycles. The molecular weight excluding hydrogens is 203 g/mol. The van der Waals surface area contributed by atoms with Gasteiger partial charge in [-0.15, -0.1) is 0 Å². The van der Waals surface area contributed by atoms with Crippen molar-refractivity contribution in [3.8, 4) is 6.07 Å². The number of halogens is 1. The van der Waals surface area contributed by atoms with Crippen molar-refractivity contribution in [2.24, 2.45) is 0 Å². The predicted molar refractivity (Wildman–Crippen MR) is 58.1 cm³/mol. The summed E-state index contributed by atoms with van der Waals surface area (Å²) >= 11 is 0. The average Bonchev–Trinajstić information content (AvgIpc) is 2.88. The van der Waals surface area contributed by atoms with E-state index in [1.165, 1.54) is 25.3 Å². The summed E-state index contributed by atoms with van der Waals surface area (Å²) in [5.41, 5.74) is 1.05. The first-order chi connectivity index (χ1) is 7.79. The molecule has 1 aromatic carbocycles. The van der Waals surface area contributed by atoms with Crippen LogP contribution in [-0.2, 0) is 6.54 Å². The van der Waals surface area contributed by atoms with Crippen LogP contribution in [0.1, 0.15) is 30.4 Å². The van der Waals surface area contributed by atoms with Crippen LogP contribution in [0.3, 0.4) is 0 Å². The number of rotatable bonds is 2. The van der Waals surface area contributed by atoms with Crippen molar-refractivity contribution in [3.63, 3.8) is 0 Å². The Morgan fingerprint density at radius 2 is 2.12 bits per heavy atom. The SMILES string of the molecule is N#Cc1c(F)cccc1CN1C2CCC1C2. The molecule has 16 heavy (non-hydrogen) atoms. The molecule has 2 atom stereocenters. The molecule has 2 heterocycles. The molecule has 0 N–H and O–H groups in total. The Balaban J connectivity index is 1.85. The van der Waals surface area contributed by atoms with E-state index in [-0.39, 0.29) is 5.56 Å². The zero-order valence-electron chi connectivity index (χ0n) is 8.99. The van der Waals surface area contributed by atoms with Gasteiger partial charge in [0.05, 0.1) is 5.56 Å². The van der Waals surface area contributed by atoms with E-state index in [0.29, 0.717) is 12.1 Å². The molecule has 82 valence electrons. The van der Waals surface area contributed by atoms with Gasteiger partial charge in [0.25, 0.3) is 0 Å². The van der Waals surface area contributed by atoms with Crippen molar-refractivity contribution in [1.82, 2.24) is 4.90 Å². The monoisotopic (exact) mass is 216 g/mol. The highest BCUT2D eigenvalue weighted by atomic mass is 19.1. The van der Waals surface area contributed by atoms with Crippen molar-refractivity contribution in [2.75, 3.05) is 0 Å². The number of hydrogen-bond donors (Lipinski definition) is 0. The highest BCUT2D eigenvalue weighted by Gasteiger charge is 2.44. The summed E-state index contributed by atoms with van der Waals surface area (Å²) in [5, 5.41) is 8.94. The first-order valence-electron chi connectivity index (χ1n) is 5.73. The lowest BCUT2D eigenvalue weighted by Crippen LogP contribution is -2.47. The summed E-state index contributed by atoms with van der Waals surface area (Å²) in [6, 6.07) is 8.23. The Hall–Kier alpha value is -1.40. The van der Waals surface area contributed by atoms with E-state index in [1.54, 1.807) is 6.07 Å². The fourth-order valence-electron chi connectivity index (χ4n) is 2.98. The van der Waals surface area contributed by atoms with Crippen molar-refractivity contribution >= 4 is 0 Å². The van der Waals surface area contributed by atoms with Gasteiger partial charge < -0.3 is 0 Å². The van der Waals surface area contributed by atoms with Gasteiger partial charge in [0, 0.05) is 18.6 Å².